The lowest BCUT2D eigenvalue weighted by Gasteiger charge is -2.12. The first-order chi connectivity index (χ1) is 6.65. The van der Waals surface area contributed by atoms with Crippen molar-refractivity contribution in [2.75, 3.05) is 12.4 Å². The zero-order valence-electron chi connectivity index (χ0n) is 8.79. The first kappa shape index (κ1) is 10.6. The number of nitrogens with one attached hydrogen (secondary N) is 2. The second-order valence-electron chi connectivity index (χ2n) is 3.45. The summed E-state index contributed by atoms with van der Waals surface area (Å²) in [6, 6.07) is 7.64. The smallest absolute Gasteiger partial charge is 0.318 e. The molecule has 0 heterocycles. The van der Waals surface area contributed by atoms with Crippen molar-refractivity contribution in [3.05, 3.63) is 29.8 Å². The van der Waals surface area contributed by atoms with Crippen molar-refractivity contribution in [3.8, 4) is 0 Å². The number of hydrogen-bond donors (Lipinski definition) is 2. The number of para-hydroxylation sites is 1. The Morgan fingerprint density at radius 1 is 1.29 bits per heavy atom. The SMILES string of the molecule is CNC(=O)Nc1ccccc1C(C)C. The molecule has 3 nitrogen and oxygen atoms in total. The molecular weight excluding hydrogens is 176 g/mol. The van der Waals surface area contributed by atoms with Gasteiger partial charge >= 0.3 is 6.03 Å². The number of rotatable bonds is 2. The van der Waals surface area contributed by atoms with Gasteiger partial charge < -0.3 is 10.6 Å². The molecule has 1 aromatic carbocycles. The summed E-state index contributed by atoms with van der Waals surface area (Å²) >= 11 is 0. The predicted octanol–water partition coefficient (Wildman–Crippen LogP) is 2.56. The topological polar surface area (TPSA) is 41.1 Å². The molecule has 3 heteroatoms. The minimum atomic E-state index is -0.182. The standard InChI is InChI=1S/C11H16N2O/c1-8(2)9-6-4-5-7-10(9)13-11(14)12-3/h4-8H,1-3H3,(H2,12,13,14). The molecule has 0 radical (unpaired) electrons. The van der Waals surface area contributed by atoms with Crippen molar-refractivity contribution in [1.82, 2.24) is 5.32 Å². The van der Waals surface area contributed by atoms with Gasteiger partial charge in [0, 0.05) is 12.7 Å². The molecule has 0 aliphatic heterocycles. The summed E-state index contributed by atoms with van der Waals surface area (Å²) in [6.45, 7) is 4.20. The molecule has 0 saturated heterocycles. The molecule has 0 unspecified atom stereocenters. The maximum absolute atomic E-state index is 11.1. The largest absolute Gasteiger partial charge is 0.341 e. The van der Waals surface area contributed by atoms with E-state index < -0.39 is 0 Å². The Hall–Kier alpha value is -1.51. The number of benzene rings is 1. The van der Waals surface area contributed by atoms with Crippen LogP contribution in [0.4, 0.5) is 10.5 Å². The number of anilines is 1. The van der Waals surface area contributed by atoms with Gasteiger partial charge in [0.2, 0.25) is 0 Å². The summed E-state index contributed by atoms with van der Waals surface area (Å²) < 4.78 is 0. The number of hydrogen-bond acceptors (Lipinski definition) is 1. The van der Waals surface area contributed by atoms with Crippen LogP contribution >= 0.6 is 0 Å². The van der Waals surface area contributed by atoms with Gasteiger partial charge in [-0.2, -0.15) is 0 Å². The Bertz CT molecular complexity index is 321. The molecule has 1 rings (SSSR count). The molecule has 0 saturated carbocycles. The average molecular weight is 192 g/mol. The van der Waals surface area contributed by atoms with E-state index in [1.165, 1.54) is 0 Å². The molecule has 2 amide bonds. The Kier molecular flexibility index (Phi) is 3.51. The van der Waals surface area contributed by atoms with Gasteiger partial charge in [-0.3, -0.25) is 0 Å². The monoisotopic (exact) mass is 192 g/mol. The maximum atomic E-state index is 11.1. The number of amides is 2. The van der Waals surface area contributed by atoms with Crippen molar-refractivity contribution in [1.29, 1.82) is 0 Å². The van der Waals surface area contributed by atoms with E-state index in [4.69, 9.17) is 0 Å². The van der Waals surface area contributed by atoms with E-state index in [2.05, 4.69) is 24.5 Å². The van der Waals surface area contributed by atoms with Gasteiger partial charge in [0.05, 0.1) is 0 Å². The third-order valence-electron chi connectivity index (χ3n) is 2.06. The van der Waals surface area contributed by atoms with E-state index in [1.807, 2.05) is 24.3 Å². The summed E-state index contributed by atoms with van der Waals surface area (Å²) in [6.07, 6.45) is 0. The lowest BCUT2D eigenvalue weighted by molar-refractivity contribution is 0.254. The van der Waals surface area contributed by atoms with Crippen LogP contribution in [-0.4, -0.2) is 13.1 Å². The van der Waals surface area contributed by atoms with Crippen LogP contribution in [0.15, 0.2) is 24.3 Å². The molecule has 2 N–H and O–H groups in total. The van der Waals surface area contributed by atoms with Gasteiger partial charge in [-0.15, -0.1) is 0 Å². The number of urea groups is 1. The molecule has 0 aromatic heterocycles. The van der Waals surface area contributed by atoms with Crippen LogP contribution in [0.5, 0.6) is 0 Å². The molecule has 1 aromatic rings. The van der Waals surface area contributed by atoms with E-state index in [-0.39, 0.29) is 6.03 Å². The summed E-state index contributed by atoms with van der Waals surface area (Å²) in [5, 5.41) is 5.32. The zero-order valence-corrected chi connectivity index (χ0v) is 8.79. The van der Waals surface area contributed by atoms with Crippen LogP contribution in [0, 0.1) is 0 Å². The van der Waals surface area contributed by atoms with E-state index in [0.717, 1.165) is 11.3 Å². The van der Waals surface area contributed by atoms with E-state index in [1.54, 1.807) is 7.05 Å². The molecule has 14 heavy (non-hydrogen) atoms. The van der Waals surface area contributed by atoms with E-state index >= 15 is 0 Å². The molecule has 0 spiro atoms. The molecule has 0 aliphatic rings. The highest BCUT2D eigenvalue weighted by Gasteiger charge is 2.07. The number of carbonyl (C=O) groups is 1. The van der Waals surface area contributed by atoms with Crippen molar-refractivity contribution in [2.45, 2.75) is 19.8 Å². The summed E-state index contributed by atoms with van der Waals surface area (Å²) in [4.78, 5) is 11.1. The summed E-state index contributed by atoms with van der Waals surface area (Å²) in [7, 11) is 1.60. The molecular formula is C11H16N2O. The van der Waals surface area contributed by atoms with Crippen LogP contribution in [-0.2, 0) is 0 Å². The molecule has 0 bridgehead atoms. The average Bonchev–Trinajstić information content (AvgIpc) is 2.18. The van der Waals surface area contributed by atoms with Gasteiger partial charge in [-0.25, -0.2) is 4.79 Å². The normalized spacial score (nSPS) is 10.0. The zero-order chi connectivity index (χ0) is 10.6. The van der Waals surface area contributed by atoms with Gasteiger partial charge in [0.1, 0.15) is 0 Å². The van der Waals surface area contributed by atoms with Gasteiger partial charge in [0.25, 0.3) is 0 Å². The molecule has 0 atom stereocenters. The second kappa shape index (κ2) is 4.65. The van der Waals surface area contributed by atoms with Crippen LogP contribution in [0.25, 0.3) is 0 Å². The summed E-state index contributed by atoms with van der Waals surface area (Å²) in [5.41, 5.74) is 2.03. The molecule has 0 fully saturated rings. The van der Waals surface area contributed by atoms with Gasteiger partial charge in [0.15, 0.2) is 0 Å². The minimum absolute atomic E-state index is 0.182. The molecule has 76 valence electrons. The quantitative estimate of drug-likeness (QED) is 0.742. The second-order valence-corrected chi connectivity index (χ2v) is 3.45. The van der Waals surface area contributed by atoms with Crippen LogP contribution < -0.4 is 10.6 Å². The van der Waals surface area contributed by atoms with E-state index in [0.29, 0.717) is 5.92 Å². The fraction of sp³-hybridized carbons (Fsp3) is 0.364. The number of carbonyl (C=O) groups excluding carboxylic acids is 1. The van der Waals surface area contributed by atoms with Gasteiger partial charge in [-0.05, 0) is 17.5 Å². The fourth-order valence-electron chi connectivity index (χ4n) is 1.30. The first-order valence-corrected chi connectivity index (χ1v) is 4.72. The maximum Gasteiger partial charge on any atom is 0.318 e. The highest BCUT2D eigenvalue weighted by molar-refractivity contribution is 5.89. The van der Waals surface area contributed by atoms with Gasteiger partial charge in [-0.1, -0.05) is 32.0 Å². The Morgan fingerprint density at radius 3 is 2.50 bits per heavy atom. The first-order valence-electron chi connectivity index (χ1n) is 4.72. The predicted molar refractivity (Wildman–Crippen MR) is 58.6 cm³/mol. The lowest BCUT2D eigenvalue weighted by Crippen LogP contribution is -2.25. The third-order valence-corrected chi connectivity index (χ3v) is 2.06. The lowest BCUT2D eigenvalue weighted by atomic mass is 10.0. The molecule has 0 aliphatic carbocycles. The Balaban J connectivity index is 2.90. The fourth-order valence-corrected chi connectivity index (χ4v) is 1.30. The van der Waals surface area contributed by atoms with Crippen molar-refractivity contribution >= 4 is 11.7 Å². The Morgan fingerprint density at radius 2 is 1.93 bits per heavy atom. The highest BCUT2D eigenvalue weighted by atomic mass is 16.2. The van der Waals surface area contributed by atoms with Crippen LogP contribution in [0.2, 0.25) is 0 Å². The highest BCUT2D eigenvalue weighted by Crippen LogP contribution is 2.23. The third kappa shape index (κ3) is 2.49. The van der Waals surface area contributed by atoms with E-state index in [9.17, 15) is 4.79 Å². The van der Waals surface area contributed by atoms with Crippen molar-refractivity contribution in [2.24, 2.45) is 0 Å². The van der Waals surface area contributed by atoms with Crippen molar-refractivity contribution < 1.29 is 4.79 Å². The minimum Gasteiger partial charge on any atom is -0.341 e. The van der Waals surface area contributed by atoms with Crippen LogP contribution in [0.1, 0.15) is 25.3 Å². The Labute approximate surface area is 84.5 Å². The van der Waals surface area contributed by atoms with Crippen LogP contribution in [0.3, 0.4) is 0 Å². The van der Waals surface area contributed by atoms with Crippen molar-refractivity contribution in [3.63, 3.8) is 0 Å². The summed E-state index contributed by atoms with van der Waals surface area (Å²) in [5.74, 6) is 0.406.